The zero-order valence-electron chi connectivity index (χ0n) is 15.7. The molecule has 1 amide bonds. The van der Waals surface area contributed by atoms with Gasteiger partial charge >= 0.3 is 0 Å². The molecule has 2 fully saturated rings. The van der Waals surface area contributed by atoms with Crippen molar-refractivity contribution in [2.24, 2.45) is 0 Å². The molecule has 0 spiro atoms. The van der Waals surface area contributed by atoms with Crippen LogP contribution in [0.2, 0.25) is 0 Å². The average molecular weight is 362 g/mol. The molecule has 0 aromatic heterocycles. The lowest BCUT2D eigenvalue weighted by Gasteiger charge is -2.59. The number of benzene rings is 2. The molecule has 3 atom stereocenters. The van der Waals surface area contributed by atoms with Crippen molar-refractivity contribution in [3.63, 3.8) is 0 Å². The predicted octanol–water partition coefficient (Wildman–Crippen LogP) is 2.89. The van der Waals surface area contributed by atoms with Gasteiger partial charge in [-0.15, -0.1) is 0 Å². The molecule has 0 saturated carbocycles. The van der Waals surface area contributed by atoms with Crippen LogP contribution in [0.1, 0.15) is 29.5 Å². The molecule has 4 nitrogen and oxygen atoms in total. The zero-order valence-corrected chi connectivity index (χ0v) is 15.7. The van der Waals surface area contributed by atoms with Crippen molar-refractivity contribution in [2.75, 3.05) is 19.7 Å². The highest BCUT2D eigenvalue weighted by Gasteiger charge is 2.53. The Morgan fingerprint density at radius 2 is 1.85 bits per heavy atom. The van der Waals surface area contributed by atoms with Gasteiger partial charge in [-0.1, -0.05) is 66.7 Å². The van der Waals surface area contributed by atoms with Gasteiger partial charge in [0.1, 0.15) is 0 Å². The Labute approximate surface area is 160 Å². The molecule has 0 bridgehead atoms. The first-order chi connectivity index (χ1) is 13.2. The van der Waals surface area contributed by atoms with Gasteiger partial charge < -0.3 is 10.0 Å². The highest BCUT2D eigenvalue weighted by atomic mass is 16.3. The fourth-order valence-electron chi connectivity index (χ4n) is 4.55. The van der Waals surface area contributed by atoms with Gasteiger partial charge in [0.2, 0.25) is 5.91 Å². The molecule has 1 N–H and O–H groups in total. The van der Waals surface area contributed by atoms with Crippen LogP contribution < -0.4 is 0 Å². The summed E-state index contributed by atoms with van der Waals surface area (Å²) in [6.45, 7) is 4.08. The first-order valence-corrected chi connectivity index (χ1v) is 9.62. The third-order valence-electron chi connectivity index (χ3n) is 5.75. The average Bonchev–Trinajstić information content (AvgIpc) is 2.66. The number of allylic oxidation sites excluding steroid dienone is 1. The van der Waals surface area contributed by atoms with E-state index in [4.69, 9.17) is 0 Å². The van der Waals surface area contributed by atoms with E-state index in [-0.39, 0.29) is 30.5 Å². The van der Waals surface area contributed by atoms with Gasteiger partial charge in [0.05, 0.1) is 25.2 Å². The first-order valence-electron chi connectivity index (χ1n) is 9.62. The fourth-order valence-corrected chi connectivity index (χ4v) is 4.55. The molecule has 0 unspecified atom stereocenters. The third-order valence-corrected chi connectivity index (χ3v) is 5.75. The van der Waals surface area contributed by atoms with Crippen molar-refractivity contribution in [1.82, 2.24) is 9.80 Å². The summed E-state index contributed by atoms with van der Waals surface area (Å²) in [5, 5.41) is 9.90. The van der Waals surface area contributed by atoms with Gasteiger partial charge in [-0.25, -0.2) is 0 Å². The largest absolute Gasteiger partial charge is 0.394 e. The summed E-state index contributed by atoms with van der Waals surface area (Å²) in [4.78, 5) is 16.8. The molecular formula is C23H26N2O2. The number of hydrogen-bond acceptors (Lipinski definition) is 3. The Morgan fingerprint density at radius 3 is 2.52 bits per heavy atom. The minimum absolute atomic E-state index is 0.0161. The summed E-state index contributed by atoms with van der Waals surface area (Å²) in [5.74, 6) is 0.320. The maximum absolute atomic E-state index is 12.7. The minimum Gasteiger partial charge on any atom is -0.394 e. The van der Waals surface area contributed by atoms with Crippen LogP contribution in [0, 0.1) is 0 Å². The Hall–Kier alpha value is -2.43. The van der Waals surface area contributed by atoms with Crippen LogP contribution in [0.25, 0.3) is 6.08 Å². The second-order valence-corrected chi connectivity index (χ2v) is 7.47. The van der Waals surface area contributed by atoms with E-state index in [1.54, 1.807) is 0 Å². The van der Waals surface area contributed by atoms with E-state index in [2.05, 4.69) is 47.4 Å². The number of piperazine rings is 1. The van der Waals surface area contributed by atoms with Crippen molar-refractivity contribution in [2.45, 2.75) is 31.5 Å². The predicted molar refractivity (Wildman–Crippen MR) is 107 cm³/mol. The molecule has 140 valence electrons. The zero-order chi connectivity index (χ0) is 18.8. The van der Waals surface area contributed by atoms with Gasteiger partial charge in [-0.3, -0.25) is 9.69 Å². The monoisotopic (exact) mass is 362 g/mol. The van der Waals surface area contributed by atoms with Crippen molar-refractivity contribution in [3.05, 3.63) is 77.4 Å². The van der Waals surface area contributed by atoms with E-state index in [0.717, 1.165) is 13.1 Å². The molecule has 2 aromatic rings. The molecule has 0 aliphatic carbocycles. The van der Waals surface area contributed by atoms with Crippen molar-refractivity contribution in [3.8, 4) is 0 Å². The summed E-state index contributed by atoms with van der Waals surface area (Å²) in [5.41, 5.74) is 3.60. The van der Waals surface area contributed by atoms with Gasteiger partial charge in [0, 0.05) is 19.0 Å². The molecule has 4 heteroatoms. The second kappa shape index (κ2) is 7.67. The maximum Gasteiger partial charge on any atom is 0.237 e. The number of carbonyl (C=O) groups is 1. The van der Waals surface area contributed by atoms with E-state index < -0.39 is 0 Å². The van der Waals surface area contributed by atoms with Crippen molar-refractivity contribution < 1.29 is 9.90 Å². The van der Waals surface area contributed by atoms with Crippen LogP contribution in [-0.4, -0.2) is 52.6 Å². The minimum atomic E-state index is -0.103. The molecule has 2 aliphatic heterocycles. The SMILES string of the molecule is C/C=C/c1ccc([C@H]2[C@@H](CO)N3C(=O)CN(Cc4ccccc4)C[C@@H]23)cc1. The molecule has 2 aliphatic rings. The number of carbonyl (C=O) groups excluding carboxylic acids is 1. The van der Waals surface area contributed by atoms with Crippen LogP contribution in [-0.2, 0) is 11.3 Å². The number of nitrogens with zero attached hydrogens (tertiary/aromatic N) is 2. The van der Waals surface area contributed by atoms with Crippen LogP contribution in [0.5, 0.6) is 0 Å². The van der Waals surface area contributed by atoms with E-state index in [1.807, 2.05) is 36.1 Å². The summed E-state index contributed by atoms with van der Waals surface area (Å²) in [6, 6.07) is 18.8. The van der Waals surface area contributed by atoms with E-state index in [0.29, 0.717) is 6.54 Å². The quantitative estimate of drug-likeness (QED) is 0.889. The first kappa shape index (κ1) is 18.0. The van der Waals surface area contributed by atoms with Crippen LogP contribution >= 0.6 is 0 Å². The number of aliphatic hydroxyl groups excluding tert-OH is 1. The molecule has 0 radical (unpaired) electrons. The smallest absolute Gasteiger partial charge is 0.237 e. The normalized spacial score (nSPS) is 25.5. The Bertz CT molecular complexity index is 816. The summed E-state index contributed by atoms with van der Waals surface area (Å²) < 4.78 is 0. The standard InChI is InChI=1S/C23H26N2O2/c1-2-6-17-9-11-19(12-10-17)23-20-14-24(13-18-7-4-3-5-8-18)15-22(27)25(20)21(23)16-26/h2-12,20-21,23,26H,13-16H2,1H3/b6-2+/t20-,21+,23+/m0/s1. The van der Waals surface area contributed by atoms with Gasteiger partial charge in [0.15, 0.2) is 0 Å². The molecule has 2 aromatic carbocycles. The Morgan fingerprint density at radius 1 is 1.11 bits per heavy atom. The van der Waals surface area contributed by atoms with E-state index in [1.165, 1.54) is 16.7 Å². The number of rotatable bonds is 5. The van der Waals surface area contributed by atoms with Crippen molar-refractivity contribution >= 4 is 12.0 Å². The topological polar surface area (TPSA) is 43.8 Å². The number of aliphatic hydroxyl groups is 1. The van der Waals surface area contributed by atoms with Gasteiger partial charge in [0.25, 0.3) is 0 Å². The molecule has 27 heavy (non-hydrogen) atoms. The number of fused-ring (bicyclic) bond motifs is 1. The summed E-state index contributed by atoms with van der Waals surface area (Å²) >= 11 is 0. The van der Waals surface area contributed by atoms with Crippen molar-refractivity contribution in [1.29, 1.82) is 0 Å². The number of hydrogen-bond donors (Lipinski definition) is 1. The molecule has 2 heterocycles. The van der Waals surface area contributed by atoms with E-state index in [9.17, 15) is 9.90 Å². The third kappa shape index (κ3) is 3.43. The van der Waals surface area contributed by atoms with Crippen LogP contribution in [0.4, 0.5) is 0 Å². The summed E-state index contributed by atoms with van der Waals surface area (Å²) in [7, 11) is 0. The highest BCUT2D eigenvalue weighted by molar-refractivity contribution is 5.81. The Balaban J connectivity index is 1.53. The lowest BCUT2D eigenvalue weighted by Crippen LogP contribution is -2.72. The van der Waals surface area contributed by atoms with Gasteiger partial charge in [-0.2, -0.15) is 0 Å². The van der Waals surface area contributed by atoms with Crippen LogP contribution in [0.15, 0.2) is 60.7 Å². The van der Waals surface area contributed by atoms with Gasteiger partial charge in [-0.05, 0) is 23.6 Å². The number of amides is 1. The Kier molecular flexibility index (Phi) is 5.10. The van der Waals surface area contributed by atoms with E-state index >= 15 is 0 Å². The highest BCUT2D eigenvalue weighted by Crippen LogP contribution is 2.43. The lowest BCUT2D eigenvalue weighted by molar-refractivity contribution is -0.162. The molecule has 2 saturated heterocycles. The summed E-state index contributed by atoms with van der Waals surface area (Å²) in [6.07, 6.45) is 4.10. The second-order valence-electron chi connectivity index (χ2n) is 7.47. The lowest BCUT2D eigenvalue weighted by atomic mass is 9.73. The maximum atomic E-state index is 12.7. The van der Waals surface area contributed by atoms with Crippen LogP contribution in [0.3, 0.4) is 0 Å². The molecular weight excluding hydrogens is 336 g/mol. The molecule has 4 rings (SSSR count). The fraction of sp³-hybridized carbons (Fsp3) is 0.348.